The van der Waals surface area contributed by atoms with E-state index in [-0.39, 0.29) is 0 Å². The zero-order valence-corrected chi connectivity index (χ0v) is 12.0. The molecule has 1 saturated heterocycles. The predicted molar refractivity (Wildman–Crippen MR) is 81.1 cm³/mol. The summed E-state index contributed by atoms with van der Waals surface area (Å²) in [6, 6.07) is 2.62. The summed E-state index contributed by atoms with van der Waals surface area (Å²) in [6.07, 6.45) is 7.52. The second kappa shape index (κ2) is 4.39. The van der Waals surface area contributed by atoms with Gasteiger partial charge in [-0.25, -0.2) is 4.98 Å². The van der Waals surface area contributed by atoms with E-state index in [9.17, 15) is 0 Å². The van der Waals surface area contributed by atoms with Crippen LogP contribution in [0.3, 0.4) is 0 Å². The van der Waals surface area contributed by atoms with E-state index in [0.29, 0.717) is 6.04 Å². The molecule has 4 heterocycles. The van der Waals surface area contributed by atoms with Crippen LogP contribution in [0.1, 0.15) is 6.42 Å². The van der Waals surface area contributed by atoms with Crippen LogP contribution in [0.4, 0.5) is 5.82 Å². The minimum Gasteiger partial charge on any atom is -0.371 e. The zero-order chi connectivity index (χ0) is 12.8. The fourth-order valence-electron chi connectivity index (χ4n) is 2.96. The van der Waals surface area contributed by atoms with Gasteiger partial charge in [-0.15, -0.1) is 11.3 Å². The van der Waals surface area contributed by atoms with Crippen molar-refractivity contribution >= 4 is 38.8 Å². The Labute approximate surface area is 121 Å². The number of fused-ring (bicyclic) bond motifs is 2. The van der Waals surface area contributed by atoms with Crippen molar-refractivity contribution in [3.05, 3.63) is 34.9 Å². The number of aromatic nitrogens is 1. The number of hydrogen-bond donors (Lipinski definition) is 0. The molecule has 19 heavy (non-hydrogen) atoms. The van der Waals surface area contributed by atoms with E-state index in [2.05, 4.69) is 27.1 Å². The first-order valence-corrected chi connectivity index (χ1v) is 7.78. The van der Waals surface area contributed by atoms with Crippen molar-refractivity contribution in [1.29, 1.82) is 0 Å². The zero-order valence-electron chi connectivity index (χ0n) is 10.4. The lowest BCUT2D eigenvalue weighted by Crippen LogP contribution is -2.49. The standard InChI is InChI=1S/C14H14ClN3S/c15-12-9-19-13-11(12)3-4-16-14(13)18-7-6-17-5-1-2-10(17)8-18/h1,3-5,9-10H,2,6-8H2. The number of rotatable bonds is 1. The molecule has 0 amide bonds. The topological polar surface area (TPSA) is 19.4 Å². The van der Waals surface area contributed by atoms with E-state index in [1.54, 1.807) is 11.3 Å². The minimum atomic E-state index is 0.612. The van der Waals surface area contributed by atoms with Crippen molar-refractivity contribution in [3.8, 4) is 0 Å². The molecule has 0 aromatic carbocycles. The fraction of sp³-hybridized carbons (Fsp3) is 0.357. The minimum absolute atomic E-state index is 0.612. The number of thiophene rings is 1. The summed E-state index contributed by atoms with van der Waals surface area (Å²) in [7, 11) is 0. The van der Waals surface area contributed by atoms with Crippen molar-refractivity contribution in [2.24, 2.45) is 0 Å². The van der Waals surface area contributed by atoms with Crippen LogP contribution < -0.4 is 4.90 Å². The number of anilines is 1. The molecule has 0 spiro atoms. The Hall–Kier alpha value is -1.26. The van der Waals surface area contributed by atoms with Gasteiger partial charge in [0.1, 0.15) is 5.82 Å². The van der Waals surface area contributed by atoms with Gasteiger partial charge in [-0.1, -0.05) is 17.7 Å². The first-order chi connectivity index (χ1) is 9.33. The van der Waals surface area contributed by atoms with E-state index in [0.717, 1.165) is 42.3 Å². The van der Waals surface area contributed by atoms with Gasteiger partial charge in [0.05, 0.1) is 9.72 Å². The quantitative estimate of drug-likeness (QED) is 0.803. The Kier molecular flexibility index (Phi) is 2.67. The molecule has 0 N–H and O–H groups in total. The number of nitrogens with zero attached hydrogens (tertiary/aromatic N) is 3. The van der Waals surface area contributed by atoms with Crippen LogP contribution in [0, 0.1) is 0 Å². The van der Waals surface area contributed by atoms with Gasteiger partial charge < -0.3 is 9.80 Å². The third-order valence-electron chi connectivity index (χ3n) is 3.96. The molecule has 2 aliphatic rings. The summed E-state index contributed by atoms with van der Waals surface area (Å²) >= 11 is 7.91. The third kappa shape index (κ3) is 1.82. The number of halogens is 1. The SMILES string of the molecule is Clc1csc2c(N3CCN4C=CCC4C3)nccc12. The van der Waals surface area contributed by atoms with Crippen LogP contribution >= 0.6 is 22.9 Å². The number of piperazine rings is 1. The molecule has 0 saturated carbocycles. The Balaban J connectivity index is 1.71. The Morgan fingerprint density at radius 1 is 1.37 bits per heavy atom. The summed E-state index contributed by atoms with van der Waals surface area (Å²) in [4.78, 5) is 9.45. The van der Waals surface area contributed by atoms with Gasteiger partial charge >= 0.3 is 0 Å². The molecule has 4 rings (SSSR count). The number of hydrogen-bond acceptors (Lipinski definition) is 4. The first kappa shape index (κ1) is 11.6. The summed E-state index contributed by atoms with van der Waals surface area (Å²) in [5, 5.41) is 3.97. The maximum Gasteiger partial charge on any atom is 0.146 e. The highest BCUT2D eigenvalue weighted by atomic mass is 35.5. The second-order valence-electron chi connectivity index (χ2n) is 5.05. The molecule has 2 aliphatic heterocycles. The third-order valence-corrected chi connectivity index (χ3v) is 5.39. The van der Waals surface area contributed by atoms with Crippen LogP contribution in [0.15, 0.2) is 29.9 Å². The molecule has 3 nitrogen and oxygen atoms in total. The van der Waals surface area contributed by atoms with Crippen LogP contribution in [0.25, 0.3) is 10.1 Å². The van der Waals surface area contributed by atoms with Gasteiger partial charge in [-0.2, -0.15) is 0 Å². The lowest BCUT2D eigenvalue weighted by atomic mass is 10.1. The summed E-state index contributed by atoms with van der Waals surface area (Å²) in [6.45, 7) is 3.16. The molecule has 1 fully saturated rings. The highest BCUT2D eigenvalue weighted by Gasteiger charge is 2.28. The Morgan fingerprint density at radius 3 is 3.26 bits per heavy atom. The normalized spacial score (nSPS) is 22.3. The molecule has 2 aromatic rings. The molecule has 1 unspecified atom stereocenters. The highest BCUT2D eigenvalue weighted by Crippen LogP contribution is 2.36. The maximum atomic E-state index is 6.22. The lowest BCUT2D eigenvalue weighted by Gasteiger charge is -2.39. The van der Waals surface area contributed by atoms with Gasteiger partial charge in [0.25, 0.3) is 0 Å². The monoisotopic (exact) mass is 291 g/mol. The van der Waals surface area contributed by atoms with E-state index < -0.39 is 0 Å². The van der Waals surface area contributed by atoms with Gasteiger partial charge in [0.2, 0.25) is 0 Å². The molecule has 98 valence electrons. The van der Waals surface area contributed by atoms with Crippen molar-refractivity contribution in [1.82, 2.24) is 9.88 Å². The van der Waals surface area contributed by atoms with Gasteiger partial charge in [0.15, 0.2) is 0 Å². The highest BCUT2D eigenvalue weighted by molar-refractivity contribution is 7.18. The van der Waals surface area contributed by atoms with Crippen LogP contribution in [-0.4, -0.2) is 35.6 Å². The predicted octanol–water partition coefficient (Wildman–Crippen LogP) is 3.36. The van der Waals surface area contributed by atoms with Crippen molar-refractivity contribution in [2.75, 3.05) is 24.5 Å². The van der Waals surface area contributed by atoms with Crippen molar-refractivity contribution in [3.63, 3.8) is 0 Å². The largest absolute Gasteiger partial charge is 0.371 e. The molecule has 5 heteroatoms. The molecular formula is C14H14ClN3S. The van der Waals surface area contributed by atoms with E-state index in [1.807, 2.05) is 17.6 Å². The molecule has 0 aliphatic carbocycles. The van der Waals surface area contributed by atoms with Crippen LogP contribution in [0.5, 0.6) is 0 Å². The van der Waals surface area contributed by atoms with Gasteiger partial charge in [-0.05, 0) is 18.7 Å². The average Bonchev–Trinajstić information content (AvgIpc) is 3.05. The van der Waals surface area contributed by atoms with Crippen LogP contribution in [0.2, 0.25) is 5.02 Å². The molecule has 0 bridgehead atoms. The molecule has 0 radical (unpaired) electrons. The smallest absolute Gasteiger partial charge is 0.146 e. The molecule has 1 atom stereocenters. The van der Waals surface area contributed by atoms with E-state index in [4.69, 9.17) is 11.6 Å². The lowest BCUT2D eigenvalue weighted by molar-refractivity contribution is 0.270. The summed E-state index contributed by atoms with van der Waals surface area (Å²) < 4.78 is 1.21. The average molecular weight is 292 g/mol. The maximum absolute atomic E-state index is 6.22. The van der Waals surface area contributed by atoms with Gasteiger partial charge in [0, 0.05) is 42.6 Å². The molecule has 2 aromatic heterocycles. The molecular weight excluding hydrogens is 278 g/mol. The number of pyridine rings is 1. The van der Waals surface area contributed by atoms with Crippen molar-refractivity contribution < 1.29 is 0 Å². The van der Waals surface area contributed by atoms with Crippen LogP contribution in [-0.2, 0) is 0 Å². The fourth-order valence-corrected chi connectivity index (χ4v) is 4.25. The Morgan fingerprint density at radius 2 is 2.32 bits per heavy atom. The van der Waals surface area contributed by atoms with E-state index >= 15 is 0 Å². The summed E-state index contributed by atoms with van der Waals surface area (Å²) in [5.41, 5.74) is 0. The second-order valence-corrected chi connectivity index (χ2v) is 6.34. The van der Waals surface area contributed by atoms with Gasteiger partial charge in [-0.3, -0.25) is 0 Å². The Bertz CT molecular complexity index is 651. The summed E-state index contributed by atoms with van der Waals surface area (Å²) in [5.74, 6) is 1.10. The van der Waals surface area contributed by atoms with E-state index in [1.165, 1.54) is 4.70 Å². The van der Waals surface area contributed by atoms with Crippen molar-refractivity contribution in [2.45, 2.75) is 12.5 Å². The first-order valence-electron chi connectivity index (χ1n) is 6.52.